The van der Waals surface area contributed by atoms with Crippen LogP contribution in [0.1, 0.15) is 57.4 Å². The molecule has 3 rings (SSSR count). The molecule has 0 bridgehead atoms. The molecule has 2 aliphatic rings. The Morgan fingerprint density at radius 3 is 2.48 bits per heavy atom. The third kappa shape index (κ3) is 3.92. The minimum atomic E-state index is 0.190. The Hall–Kier alpha value is -1.42. The second kappa shape index (κ2) is 7.00. The molecule has 0 spiro atoms. The van der Waals surface area contributed by atoms with Crippen LogP contribution >= 0.6 is 11.8 Å². The van der Waals surface area contributed by atoms with Gasteiger partial charge < -0.3 is 11.5 Å². The zero-order valence-corrected chi connectivity index (χ0v) is 14.7. The van der Waals surface area contributed by atoms with Gasteiger partial charge in [-0.1, -0.05) is 25.8 Å². The first kappa shape index (κ1) is 16.4. The summed E-state index contributed by atoms with van der Waals surface area (Å²) in [5, 5.41) is 0.835. The highest BCUT2D eigenvalue weighted by Crippen LogP contribution is 2.53. The maximum atomic E-state index is 6.31. The molecule has 124 valence electrons. The third-order valence-corrected chi connectivity index (χ3v) is 6.51. The van der Waals surface area contributed by atoms with Gasteiger partial charge in [0.15, 0.2) is 0 Å². The van der Waals surface area contributed by atoms with Crippen molar-refractivity contribution in [2.24, 2.45) is 10.7 Å². The van der Waals surface area contributed by atoms with E-state index in [-0.39, 0.29) is 4.75 Å². The van der Waals surface area contributed by atoms with Crippen molar-refractivity contribution in [1.29, 1.82) is 0 Å². The number of hydrogen-bond acceptors (Lipinski definition) is 3. The predicted molar refractivity (Wildman–Crippen MR) is 102 cm³/mol. The molecule has 0 saturated heterocycles. The van der Waals surface area contributed by atoms with E-state index in [1.807, 2.05) is 24.3 Å². The number of nitrogen functional groups attached to an aromatic ring is 1. The van der Waals surface area contributed by atoms with Crippen molar-refractivity contribution in [1.82, 2.24) is 0 Å². The van der Waals surface area contributed by atoms with Crippen LogP contribution in [-0.4, -0.2) is 15.8 Å². The van der Waals surface area contributed by atoms with Gasteiger partial charge in [0, 0.05) is 16.5 Å². The van der Waals surface area contributed by atoms with Crippen LogP contribution in [0.2, 0.25) is 0 Å². The summed E-state index contributed by atoms with van der Waals surface area (Å²) >= 11 is 2.16. The van der Waals surface area contributed by atoms with E-state index in [1.54, 1.807) is 0 Å². The van der Waals surface area contributed by atoms with Crippen molar-refractivity contribution in [2.75, 3.05) is 5.73 Å². The van der Waals surface area contributed by atoms with Gasteiger partial charge in [-0.15, -0.1) is 11.8 Å². The highest BCUT2D eigenvalue weighted by molar-refractivity contribution is 8.01. The average Bonchev–Trinajstić information content (AvgIpc) is 3.22. The van der Waals surface area contributed by atoms with Crippen LogP contribution in [-0.2, 0) is 0 Å². The molecule has 0 aliphatic heterocycles. The van der Waals surface area contributed by atoms with Gasteiger partial charge in [-0.05, 0) is 56.4 Å². The van der Waals surface area contributed by atoms with E-state index in [0.717, 1.165) is 22.9 Å². The standard InChI is InChI=1S/C19H27N3S/c1-2-5-17(19(12-3-4-13-19)23-16-10-11-16)22-18(21)14-6-8-15(20)9-7-14/h5-9,16H,2-4,10-13,20H2,1H3,(H2,21,22)/b17-5-. The number of aliphatic imine (C=N–C) groups is 1. The SMILES string of the molecule is CC/C=C(\N=C(N)c1ccc(N)cc1)C1(SC2CC2)CCCC1. The van der Waals surface area contributed by atoms with E-state index in [4.69, 9.17) is 16.5 Å². The van der Waals surface area contributed by atoms with Crippen LogP contribution in [0.15, 0.2) is 41.0 Å². The lowest BCUT2D eigenvalue weighted by Crippen LogP contribution is -2.26. The van der Waals surface area contributed by atoms with Gasteiger partial charge in [0.2, 0.25) is 0 Å². The number of anilines is 1. The number of rotatable bonds is 6. The minimum absolute atomic E-state index is 0.190. The Morgan fingerprint density at radius 1 is 1.26 bits per heavy atom. The Balaban J connectivity index is 1.89. The molecule has 3 nitrogen and oxygen atoms in total. The number of hydrogen-bond donors (Lipinski definition) is 2. The molecular formula is C19H27N3S. The molecule has 0 radical (unpaired) electrons. The molecule has 4 N–H and O–H groups in total. The monoisotopic (exact) mass is 329 g/mol. The summed E-state index contributed by atoms with van der Waals surface area (Å²) in [6, 6.07) is 7.66. The Labute approximate surface area is 143 Å². The summed E-state index contributed by atoms with van der Waals surface area (Å²) in [6.07, 6.45) is 11.1. The van der Waals surface area contributed by atoms with Crippen LogP contribution < -0.4 is 11.5 Å². The molecule has 2 aliphatic carbocycles. The molecule has 0 aromatic heterocycles. The van der Waals surface area contributed by atoms with Gasteiger partial charge in [0.25, 0.3) is 0 Å². The molecule has 23 heavy (non-hydrogen) atoms. The van der Waals surface area contributed by atoms with Crippen LogP contribution in [0, 0.1) is 0 Å². The molecule has 2 fully saturated rings. The first-order chi connectivity index (χ1) is 11.1. The molecular weight excluding hydrogens is 302 g/mol. The fourth-order valence-electron chi connectivity index (χ4n) is 3.26. The molecule has 1 aromatic rings. The Bertz CT molecular complexity index is 594. The summed E-state index contributed by atoms with van der Waals surface area (Å²) in [6.45, 7) is 2.18. The summed E-state index contributed by atoms with van der Waals surface area (Å²) in [5.41, 5.74) is 15.0. The molecule has 0 unspecified atom stereocenters. The lowest BCUT2D eigenvalue weighted by atomic mass is 10.0. The number of nitrogens with two attached hydrogens (primary N) is 2. The van der Waals surface area contributed by atoms with E-state index in [9.17, 15) is 0 Å². The summed E-state index contributed by atoms with van der Waals surface area (Å²) < 4.78 is 0.190. The highest BCUT2D eigenvalue weighted by Gasteiger charge is 2.42. The second-order valence-corrected chi connectivity index (χ2v) is 8.32. The Kier molecular flexibility index (Phi) is 5.00. The minimum Gasteiger partial charge on any atom is -0.399 e. The van der Waals surface area contributed by atoms with E-state index >= 15 is 0 Å². The van der Waals surface area contributed by atoms with Gasteiger partial charge in [-0.2, -0.15) is 0 Å². The fraction of sp³-hybridized carbons (Fsp3) is 0.526. The maximum Gasteiger partial charge on any atom is 0.130 e. The van der Waals surface area contributed by atoms with Crippen molar-refractivity contribution < 1.29 is 0 Å². The van der Waals surface area contributed by atoms with Gasteiger partial charge in [0.05, 0.1) is 10.4 Å². The van der Waals surface area contributed by atoms with E-state index in [1.165, 1.54) is 44.2 Å². The van der Waals surface area contributed by atoms with Gasteiger partial charge in [-0.25, -0.2) is 4.99 Å². The largest absolute Gasteiger partial charge is 0.399 e. The smallest absolute Gasteiger partial charge is 0.130 e. The normalized spacial score (nSPS) is 21.6. The zero-order chi connectivity index (χ0) is 16.3. The zero-order valence-electron chi connectivity index (χ0n) is 13.9. The first-order valence-electron chi connectivity index (χ1n) is 8.71. The van der Waals surface area contributed by atoms with Crippen molar-refractivity contribution in [3.8, 4) is 0 Å². The van der Waals surface area contributed by atoms with Crippen molar-refractivity contribution >= 4 is 23.3 Å². The Morgan fingerprint density at radius 2 is 1.91 bits per heavy atom. The number of amidine groups is 1. The number of benzene rings is 1. The number of nitrogens with zero attached hydrogens (tertiary/aromatic N) is 1. The molecule has 2 saturated carbocycles. The lowest BCUT2D eigenvalue weighted by Gasteiger charge is -2.29. The third-order valence-electron chi connectivity index (χ3n) is 4.64. The lowest BCUT2D eigenvalue weighted by molar-refractivity contribution is 0.688. The van der Waals surface area contributed by atoms with Crippen molar-refractivity contribution in [3.05, 3.63) is 41.6 Å². The van der Waals surface area contributed by atoms with Gasteiger partial charge in [-0.3, -0.25) is 0 Å². The molecule has 0 amide bonds. The number of allylic oxidation sites excluding steroid dienone is 1. The van der Waals surface area contributed by atoms with Crippen LogP contribution in [0.25, 0.3) is 0 Å². The second-order valence-electron chi connectivity index (χ2n) is 6.64. The summed E-state index contributed by atoms with van der Waals surface area (Å²) in [7, 11) is 0. The molecule has 4 heteroatoms. The van der Waals surface area contributed by atoms with Crippen LogP contribution in [0.5, 0.6) is 0 Å². The van der Waals surface area contributed by atoms with Gasteiger partial charge >= 0.3 is 0 Å². The topological polar surface area (TPSA) is 64.4 Å². The summed E-state index contributed by atoms with van der Waals surface area (Å²) in [5.74, 6) is 0.604. The van der Waals surface area contributed by atoms with E-state index < -0.39 is 0 Å². The molecule has 1 aromatic carbocycles. The predicted octanol–water partition coefficient (Wildman–Crippen LogP) is 4.48. The first-order valence-corrected chi connectivity index (χ1v) is 9.59. The van der Waals surface area contributed by atoms with Gasteiger partial charge in [0.1, 0.15) is 5.84 Å². The average molecular weight is 330 g/mol. The van der Waals surface area contributed by atoms with E-state index in [2.05, 4.69) is 24.8 Å². The fourth-order valence-corrected chi connectivity index (χ4v) is 5.04. The van der Waals surface area contributed by atoms with Crippen LogP contribution in [0.4, 0.5) is 5.69 Å². The number of thioether (sulfide) groups is 1. The van der Waals surface area contributed by atoms with E-state index in [0.29, 0.717) is 5.84 Å². The molecule has 0 heterocycles. The quantitative estimate of drug-likeness (QED) is 0.459. The van der Waals surface area contributed by atoms with Crippen molar-refractivity contribution in [3.63, 3.8) is 0 Å². The van der Waals surface area contributed by atoms with Crippen LogP contribution in [0.3, 0.4) is 0 Å². The summed E-state index contributed by atoms with van der Waals surface area (Å²) in [4.78, 5) is 4.90. The highest BCUT2D eigenvalue weighted by atomic mass is 32.2. The molecule has 0 atom stereocenters. The van der Waals surface area contributed by atoms with Crippen molar-refractivity contribution in [2.45, 2.75) is 61.9 Å². The maximum absolute atomic E-state index is 6.31.